The number of rotatable bonds is 19. The van der Waals surface area contributed by atoms with E-state index in [9.17, 15) is 14.7 Å². The Morgan fingerprint density at radius 3 is 2.25 bits per heavy atom. The van der Waals surface area contributed by atoms with Crippen LogP contribution >= 0.6 is 15.9 Å². The Bertz CT molecular complexity index is 1720. The van der Waals surface area contributed by atoms with E-state index in [1.165, 1.54) is 4.90 Å². The van der Waals surface area contributed by atoms with E-state index in [2.05, 4.69) is 47.8 Å². The lowest BCUT2D eigenvalue weighted by molar-refractivity contribution is -0.165. The van der Waals surface area contributed by atoms with E-state index < -0.39 is 59.6 Å². The molecule has 304 valence electrons. The summed E-state index contributed by atoms with van der Waals surface area (Å²) in [5.41, 5.74) is 0.966. The molecule has 3 saturated heterocycles. The van der Waals surface area contributed by atoms with Crippen molar-refractivity contribution in [2.75, 3.05) is 43.1 Å². The predicted octanol–water partition coefficient (Wildman–Crippen LogP) is 6.30. The third kappa shape index (κ3) is 7.94. The molecule has 2 aromatic carbocycles. The van der Waals surface area contributed by atoms with E-state index in [1.54, 1.807) is 29.0 Å². The molecule has 0 saturated carbocycles. The van der Waals surface area contributed by atoms with Crippen molar-refractivity contribution in [2.24, 2.45) is 17.8 Å². The van der Waals surface area contributed by atoms with E-state index in [1.807, 2.05) is 75.4 Å². The number of hydrogen-bond acceptors (Lipinski definition) is 8. The number of halogens is 1. The Hall–Kier alpha value is -4.00. The van der Waals surface area contributed by atoms with Gasteiger partial charge in [0.1, 0.15) is 17.7 Å². The Morgan fingerprint density at radius 1 is 1.04 bits per heavy atom. The van der Waals surface area contributed by atoms with Crippen molar-refractivity contribution in [1.29, 1.82) is 0 Å². The highest BCUT2D eigenvalue weighted by Gasteiger charge is 2.78. The van der Waals surface area contributed by atoms with Gasteiger partial charge in [0.15, 0.2) is 0 Å². The SMILES string of the molecule is C=CCCC(=O)N(C)[C@H](C)[C@H](OC(=O)[C@@H]1[C@H]2O[C@@]3(CC2Br)[C@H](C(=O)N(CC=C)c2ccc(N(CC)CC)cc2)N([C@@H](CO)[C@@H](C)CC)C(=O)[C@@H]13)c1ccccc1. The Kier molecular flexibility index (Phi) is 14.3. The smallest absolute Gasteiger partial charge is 0.313 e. The Balaban J connectivity index is 1.56. The third-order valence-corrected chi connectivity index (χ3v) is 13.2. The molecule has 1 N–H and O–H groups in total. The number of hydrogen-bond donors (Lipinski definition) is 1. The second kappa shape index (κ2) is 18.5. The number of esters is 1. The number of carbonyl (C=O) groups is 4. The van der Waals surface area contributed by atoms with Crippen LogP contribution in [0, 0.1) is 17.8 Å². The molecule has 1 spiro atoms. The number of nitrogens with zero attached hydrogens (tertiary/aromatic N) is 4. The highest BCUT2D eigenvalue weighted by atomic mass is 79.9. The maximum atomic E-state index is 15.3. The third-order valence-electron chi connectivity index (χ3n) is 12.3. The standard InChI is InChI=1S/C44H59BrN4O7/c1-9-14-20-35(51)46(8)29(7)38(30-18-16-15-17-19-30)55-43(54)36-37-41(52)49(34(27-50)28(6)11-3)40(44(37)26-33(45)39(36)56-44)42(53)48(25-10-2)32-23-21-31(22-24-32)47(12-4)13-5/h9-10,15-19,21-24,28-29,33-34,36-40,50H,1-2,11-14,20,25-27H2,3-8H3/t28-,29+,33?,34-,36-,37+,38-,39-,40-,44+/m0/s1. The number of benzene rings is 2. The number of ether oxygens (including phenoxy) is 2. The summed E-state index contributed by atoms with van der Waals surface area (Å²) in [5.74, 6) is -3.82. The van der Waals surface area contributed by atoms with Crippen molar-refractivity contribution in [3.63, 3.8) is 0 Å². The number of carbonyl (C=O) groups excluding carboxylic acids is 4. The van der Waals surface area contributed by atoms with Crippen LogP contribution in [0.1, 0.15) is 72.0 Å². The van der Waals surface area contributed by atoms with Gasteiger partial charge in [-0.1, -0.05) is 78.7 Å². The maximum absolute atomic E-state index is 15.3. The van der Waals surface area contributed by atoms with Gasteiger partial charge >= 0.3 is 5.97 Å². The van der Waals surface area contributed by atoms with Gasteiger partial charge in [0.05, 0.1) is 36.6 Å². The van der Waals surface area contributed by atoms with E-state index in [0.717, 1.165) is 18.8 Å². The molecule has 0 aromatic heterocycles. The zero-order valence-electron chi connectivity index (χ0n) is 33.7. The molecule has 0 radical (unpaired) electrons. The normalized spacial score (nSPS) is 25.8. The summed E-state index contributed by atoms with van der Waals surface area (Å²) in [6, 6.07) is 14.6. The van der Waals surface area contributed by atoms with Crippen molar-refractivity contribution in [3.8, 4) is 0 Å². The van der Waals surface area contributed by atoms with Gasteiger partial charge in [0, 0.05) is 49.3 Å². The van der Waals surface area contributed by atoms with Gasteiger partial charge in [-0.05, 0) is 69.4 Å². The van der Waals surface area contributed by atoms with Gasteiger partial charge in [0.25, 0.3) is 5.91 Å². The fraction of sp³-hybridized carbons (Fsp3) is 0.545. The molecule has 3 fully saturated rings. The molecule has 5 rings (SSSR count). The number of alkyl halides is 1. The predicted molar refractivity (Wildman–Crippen MR) is 222 cm³/mol. The number of anilines is 2. The Labute approximate surface area is 340 Å². The van der Waals surface area contributed by atoms with Crippen LogP contribution in [0.25, 0.3) is 0 Å². The molecule has 2 bridgehead atoms. The van der Waals surface area contributed by atoms with Crippen LogP contribution in [0.3, 0.4) is 0 Å². The zero-order chi connectivity index (χ0) is 40.9. The average Bonchev–Trinajstić information content (AvgIpc) is 3.81. The molecule has 56 heavy (non-hydrogen) atoms. The molecule has 2 aromatic rings. The van der Waals surface area contributed by atoms with Crippen LogP contribution in [-0.2, 0) is 28.7 Å². The summed E-state index contributed by atoms with van der Waals surface area (Å²) in [6.45, 7) is 19.1. The van der Waals surface area contributed by atoms with Crippen molar-refractivity contribution in [1.82, 2.24) is 9.80 Å². The summed E-state index contributed by atoms with van der Waals surface area (Å²) >= 11 is 3.78. The summed E-state index contributed by atoms with van der Waals surface area (Å²) in [6.07, 6.45) is 3.43. The van der Waals surface area contributed by atoms with E-state index in [0.29, 0.717) is 30.5 Å². The molecule has 10 atom stereocenters. The zero-order valence-corrected chi connectivity index (χ0v) is 35.3. The number of fused-ring (bicyclic) bond motifs is 1. The lowest BCUT2D eigenvalue weighted by Crippen LogP contribution is -2.60. The molecule has 3 heterocycles. The minimum atomic E-state index is -1.39. The number of likely N-dealkylation sites (N-methyl/N-ethyl adjacent to an activating group) is 1. The largest absolute Gasteiger partial charge is 0.455 e. The van der Waals surface area contributed by atoms with Crippen molar-refractivity contribution < 1.29 is 33.8 Å². The molecular formula is C44H59BrN4O7. The van der Waals surface area contributed by atoms with Crippen LogP contribution in [0.5, 0.6) is 0 Å². The minimum absolute atomic E-state index is 0.119. The van der Waals surface area contributed by atoms with Gasteiger partial charge in [-0.2, -0.15) is 0 Å². The quantitative estimate of drug-likeness (QED) is 0.0996. The highest BCUT2D eigenvalue weighted by Crippen LogP contribution is 2.61. The van der Waals surface area contributed by atoms with Crippen LogP contribution < -0.4 is 9.80 Å². The van der Waals surface area contributed by atoms with Gasteiger partial charge < -0.3 is 34.2 Å². The monoisotopic (exact) mass is 834 g/mol. The summed E-state index contributed by atoms with van der Waals surface area (Å²) in [4.78, 5) is 64.8. The Morgan fingerprint density at radius 2 is 1.68 bits per heavy atom. The van der Waals surface area contributed by atoms with Crippen molar-refractivity contribution >= 4 is 51.0 Å². The van der Waals surface area contributed by atoms with E-state index in [-0.39, 0.29) is 42.1 Å². The molecule has 3 amide bonds. The van der Waals surface area contributed by atoms with Crippen molar-refractivity contribution in [2.45, 2.75) is 101 Å². The molecular weight excluding hydrogens is 776 g/mol. The fourth-order valence-corrected chi connectivity index (χ4v) is 9.89. The maximum Gasteiger partial charge on any atom is 0.313 e. The fourth-order valence-electron chi connectivity index (χ4n) is 8.94. The molecule has 12 heteroatoms. The van der Waals surface area contributed by atoms with Crippen LogP contribution in [0.4, 0.5) is 11.4 Å². The number of aliphatic hydroxyl groups excluding tert-OH is 1. The summed E-state index contributed by atoms with van der Waals surface area (Å²) < 4.78 is 13.3. The highest BCUT2D eigenvalue weighted by molar-refractivity contribution is 9.09. The number of amides is 3. The second-order valence-corrected chi connectivity index (χ2v) is 16.5. The van der Waals surface area contributed by atoms with E-state index in [4.69, 9.17) is 9.47 Å². The molecule has 11 nitrogen and oxygen atoms in total. The van der Waals surface area contributed by atoms with Crippen LogP contribution in [0.15, 0.2) is 79.9 Å². The molecule has 3 aliphatic rings. The number of aliphatic hydroxyl groups is 1. The van der Waals surface area contributed by atoms with Gasteiger partial charge in [0.2, 0.25) is 11.8 Å². The number of likely N-dealkylation sites (tertiary alicyclic amines) is 1. The first kappa shape index (κ1) is 43.1. The van der Waals surface area contributed by atoms with Gasteiger partial charge in [-0.15, -0.1) is 13.2 Å². The van der Waals surface area contributed by atoms with Gasteiger partial charge in [-0.3, -0.25) is 19.2 Å². The first-order valence-electron chi connectivity index (χ1n) is 20.0. The summed E-state index contributed by atoms with van der Waals surface area (Å²) in [7, 11) is 1.69. The van der Waals surface area contributed by atoms with Crippen LogP contribution in [0.2, 0.25) is 0 Å². The first-order chi connectivity index (χ1) is 26.8. The van der Waals surface area contributed by atoms with Crippen molar-refractivity contribution in [3.05, 3.63) is 85.5 Å². The van der Waals surface area contributed by atoms with E-state index >= 15 is 9.59 Å². The number of allylic oxidation sites excluding steroid dienone is 1. The second-order valence-electron chi connectivity index (χ2n) is 15.3. The molecule has 1 unspecified atom stereocenters. The lowest BCUT2D eigenvalue weighted by atomic mass is 9.70. The molecule has 3 aliphatic heterocycles. The first-order valence-corrected chi connectivity index (χ1v) is 20.9. The molecule has 0 aliphatic carbocycles. The van der Waals surface area contributed by atoms with Gasteiger partial charge in [-0.25, -0.2) is 0 Å². The summed E-state index contributed by atoms with van der Waals surface area (Å²) in [5, 5.41) is 10.9. The van der Waals surface area contributed by atoms with Crippen LogP contribution in [-0.4, -0.2) is 107 Å². The topological polar surface area (TPSA) is 120 Å². The lowest BCUT2D eigenvalue weighted by Gasteiger charge is -2.41. The minimum Gasteiger partial charge on any atom is -0.455 e. The average molecular weight is 836 g/mol.